The van der Waals surface area contributed by atoms with E-state index in [4.69, 9.17) is 4.74 Å². The Labute approximate surface area is 124 Å². The predicted octanol–water partition coefficient (Wildman–Crippen LogP) is 4.18. The number of halogens is 2. The summed E-state index contributed by atoms with van der Waals surface area (Å²) < 4.78 is 7.33. The molecule has 0 aromatic carbocycles. The van der Waals surface area contributed by atoms with E-state index in [1.165, 1.54) is 8.66 Å². The van der Waals surface area contributed by atoms with E-state index in [1.54, 1.807) is 18.4 Å². The van der Waals surface area contributed by atoms with Crippen LogP contribution in [0.2, 0.25) is 0 Å². The summed E-state index contributed by atoms with van der Waals surface area (Å²) in [5.41, 5.74) is 0.208. The van der Waals surface area contributed by atoms with Crippen molar-refractivity contribution in [1.82, 2.24) is 5.32 Å². The van der Waals surface area contributed by atoms with Gasteiger partial charge >= 0.3 is 0 Å². The van der Waals surface area contributed by atoms with Crippen LogP contribution in [0.25, 0.3) is 0 Å². The SMILES string of the molecule is COCCNCCC(C)(C)c1cc(Br)c(Br)s1. The third kappa shape index (κ3) is 4.99. The second kappa shape index (κ2) is 7.24. The highest BCUT2D eigenvalue weighted by atomic mass is 79.9. The average molecular weight is 385 g/mol. The number of hydrogen-bond acceptors (Lipinski definition) is 3. The van der Waals surface area contributed by atoms with Gasteiger partial charge in [0.15, 0.2) is 0 Å². The number of rotatable bonds is 7. The fourth-order valence-corrected chi connectivity index (χ4v) is 3.67. The Morgan fingerprint density at radius 2 is 2.06 bits per heavy atom. The van der Waals surface area contributed by atoms with Crippen LogP contribution in [0, 0.1) is 0 Å². The normalized spacial score (nSPS) is 12.1. The lowest BCUT2D eigenvalue weighted by molar-refractivity contribution is 0.198. The topological polar surface area (TPSA) is 21.3 Å². The molecule has 2 nitrogen and oxygen atoms in total. The Morgan fingerprint density at radius 3 is 2.59 bits per heavy atom. The van der Waals surface area contributed by atoms with Gasteiger partial charge in [0.25, 0.3) is 0 Å². The Balaban J connectivity index is 2.45. The first-order chi connectivity index (χ1) is 7.97. The van der Waals surface area contributed by atoms with Crippen molar-refractivity contribution in [1.29, 1.82) is 0 Å². The standard InChI is InChI=1S/C12H19Br2NOS/c1-12(2,4-5-15-6-7-16-3)10-8-9(13)11(14)17-10/h8,15H,4-7H2,1-3H3. The number of thiophene rings is 1. The van der Waals surface area contributed by atoms with Crippen LogP contribution in [0.3, 0.4) is 0 Å². The third-order valence-corrected chi connectivity index (χ3v) is 6.34. The van der Waals surface area contributed by atoms with Crippen molar-refractivity contribution in [2.45, 2.75) is 25.7 Å². The minimum Gasteiger partial charge on any atom is -0.383 e. The van der Waals surface area contributed by atoms with Gasteiger partial charge in [-0.2, -0.15) is 0 Å². The minimum atomic E-state index is 0.208. The molecule has 5 heteroatoms. The van der Waals surface area contributed by atoms with E-state index in [9.17, 15) is 0 Å². The van der Waals surface area contributed by atoms with Crippen LogP contribution >= 0.6 is 43.2 Å². The zero-order valence-corrected chi connectivity index (χ0v) is 14.5. The molecule has 1 aromatic rings. The lowest BCUT2D eigenvalue weighted by Gasteiger charge is -2.23. The van der Waals surface area contributed by atoms with Crippen molar-refractivity contribution in [3.63, 3.8) is 0 Å². The van der Waals surface area contributed by atoms with E-state index in [2.05, 4.69) is 57.1 Å². The summed E-state index contributed by atoms with van der Waals surface area (Å²) in [6, 6.07) is 2.21. The van der Waals surface area contributed by atoms with Gasteiger partial charge in [-0.15, -0.1) is 11.3 Å². The fraction of sp³-hybridized carbons (Fsp3) is 0.667. The summed E-state index contributed by atoms with van der Waals surface area (Å²) in [7, 11) is 1.73. The van der Waals surface area contributed by atoms with Crippen molar-refractivity contribution >= 4 is 43.2 Å². The molecule has 17 heavy (non-hydrogen) atoms. The number of nitrogens with one attached hydrogen (secondary N) is 1. The van der Waals surface area contributed by atoms with E-state index in [0.717, 1.165) is 30.6 Å². The molecule has 98 valence electrons. The van der Waals surface area contributed by atoms with Crippen molar-refractivity contribution in [3.8, 4) is 0 Å². The van der Waals surface area contributed by atoms with Crippen LogP contribution in [0.15, 0.2) is 14.3 Å². The predicted molar refractivity (Wildman–Crippen MR) is 82.1 cm³/mol. The van der Waals surface area contributed by atoms with Gasteiger partial charge in [-0.05, 0) is 50.9 Å². The second-order valence-electron chi connectivity index (χ2n) is 4.61. The molecule has 0 aliphatic heterocycles. The molecule has 0 aliphatic carbocycles. The van der Waals surface area contributed by atoms with Crippen LogP contribution in [-0.4, -0.2) is 26.8 Å². The Bertz CT molecular complexity index is 333. The third-order valence-electron chi connectivity index (χ3n) is 2.72. The molecule has 0 aliphatic rings. The minimum absolute atomic E-state index is 0.208. The van der Waals surface area contributed by atoms with E-state index in [1.807, 2.05) is 0 Å². The molecule has 0 saturated heterocycles. The van der Waals surface area contributed by atoms with E-state index >= 15 is 0 Å². The van der Waals surface area contributed by atoms with Crippen molar-refractivity contribution in [2.24, 2.45) is 0 Å². The summed E-state index contributed by atoms with van der Waals surface area (Å²) in [6.45, 7) is 7.29. The van der Waals surface area contributed by atoms with Crippen molar-refractivity contribution < 1.29 is 4.74 Å². The maximum atomic E-state index is 5.00. The Morgan fingerprint density at radius 1 is 1.35 bits per heavy atom. The highest BCUT2D eigenvalue weighted by Gasteiger charge is 2.23. The van der Waals surface area contributed by atoms with E-state index in [-0.39, 0.29) is 5.41 Å². The van der Waals surface area contributed by atoms with Crippen molar-refractivity contribution in [2.75, 3.05) is 26.8 Å². The first-order valence-corrected chi connectivity index (χ1v) is 8.02. The van der Waals surface area contributed by atoms with Gasteiger partial charge in [0.1, 0.15) is 0 Å². The smallest absolute Gasteiger partial charge is 0.0843 e. The molecular formula is C12H19Br2NOS. The van der Waals surface area contributed by atoms with Gasteiger partial charge in [0, 0.05) is 28.4 Å². The number of methoxy groups -OCH3 is 1. The highest BCUT2D eigenvalue weighted by Crippen LogP contribution is 2.39. The molecule has 0 spiro atoms. The van der Waals surface area contributed by atoms with Gasteiger partial charge in [-0.1, -0.05) is 13.8 Å². The summed E-state index contributed by atoms with van der Waals surface area (Å²) in [5, 5.41) is 3.39. The quantitative estimate of drug-likeness (QED) is 0.712. The summed E-state index contributed by atoms with van der Waals surface area (Å²) in [5.74, 6) is 0. The summed E-state index contributed by atoms with van der Waals surface area (Å²) >= 11 is 8.90. The maximum Gasteiger partial charge on any atom is 0.0843 e. The van der Waals surface area contributed by atoms with Crippen LogP contribution in [0.5, 0.6) is 0 Å². The maximum absolute atomic E-state index is 5.00. The largest absolute Gasteiger partial charge is 0.383 e. The number of ether oxygens (including phenoxy) is 1. The molecule has 0 amide bonds. The second-order valence-corrected chi connectivity index (χ2v) is 7.83. The molecule has 0 bridgehead atoms. The average Bonchev–Trinajstić information content (AvgIpc) is 2.60. The van der Waals surface area contributed by atoms with Crippen LogP contribution in [0.1, 0.15) is 25.1 Å². The number of hydrogen-bond donors (Lipinski definition) is 1. The molecule has 0 unspecified atom stereocenters. The van der Waals surface area contributed by atoms with Crippen LogP contribution in [0.4, 0.5) is 0 Å². The molecule has 0 saturated carbocycles. The lowest BCUT2D eigenvalue weighted by atomic mass is 9.87. The summed E-state index contributed by atoms with van der Waals surface area (Å²) in [6.07, 6.45) is 1.12. The van der Waals surface area contributed by atoms with Crippen LogP contribution in [-0.2, 0) is 10.2 Å². The summed E-state index contributed by atoms with van der Waals surface area (Å²) in [4.78, 5) is 1.41. The Hall–Kier alpha value is 0.580. The first kappa shape index (κ1) is 15.6. The van der Waals surface area contributed by atoms with Gasteiger partial charge in [0.05, 0.1) is 10.4 Å². The van der Waals surface area contributed by atoms with Gasteiger partial charge in [0.2, 0.25) is 0 Å². The first-order valence-electron chi connectivity index (χ1n) is 5.62. The molecule has 1 heterocycles. The van der Waals surface area contributed by atoms with Crippen molar-refractivity contribution in [3.05, 3.63) is 19.2 Å². The monoisotopic (exact) mass is 383 g/mol. The fourth-order valence-electron chi connectivity index (χ4n) is 1.50. The molecule has 0 fully saturated rings. The molecule has 0 atom stereocenters. The van der Waals surface area contributed by atoms with Gasteiger partial charge < -0.3 is 10.1 Å². The zero-order valence-electron chi connectivity index (χ0n) is 10.5. The van der Waals surface area contributed by atoms with Crippen LogP contribution < -0.4 is 5.32 Å². The lowest BCUT2D eigenvalue weighted by Crippen LogP contribution is -2.26. The highest BCUT2D eigenvalue weighted by molar-refractivity contribution is 9.13. The molecular weight excluding hydrogens is 366 g/mol. The molecule has 0 radical (unpaired) electrons. The molecule has 1 N–H and O–H groups in total. The molecule has 1 aromatic heterocycles. The van der Waals surface area contributed by atoms with Gasteiger partial charge in [-0.25, -0.2) is 0 Å². The van der Waals surface area contributed by atoms with E-state index < -0.39 is 0 Å². The zero-order chi connectivity index (χ0) is 12.9. The Kier molecular flexibility index (Phi) is 6.66. The van der Waals surface area contributed by atoms with Gasteiger partial charge in [-0.3, -0.25) is 0 Å². The molecule has 1 rings (SSSR count). The van der Waals surface area contributed by atoms with E-state index in [0.29, 0.717) is 0 Å².